The van der Waals surface area contributed by atoms with Crippen molar-refractivity contribution in [2.75, 3.05) is 7.11 Å². The number of nitrogens with zero attached hydrogens (tertiary/aromatic N) is 2. The van der Waals surface area contributed by atoms with Gasteiger partial charge in [0, 0.05) is 10.9 Å². The highest BCUT2D eigenvalue weighted by Gasteiger charge is 2.08. The molecule has 0 bridgehead atoms. The minimum atomic E-state index is 0.832. The Labute approximate surface area is 153 Å². The van der Waals surface area contributed by atoms with Crippen LogP contribution in [0.15, 0.2) is 58.9 Å². The molecule has 0 unspecified atom stereocenters. The zero-order valence-electron chi connectivity index (χ0n) is 14.6. The van der Waals surface area contributed by atoms with Crippen molar-refractivity contribution in [1.82, 2.24) is 4.98 Å². The zero-order valence-corrected chi connectivity index (χ0v) is 15.4. The summed E-state index contributed by atoms with van der Waals surface area (Å²) in [6.07, 6.45) is 5.41. The molecule has 0 spiro atoms. The summed E-state index contributed by atoms with van der Waals surface area (Å²) >= 11 is 1.58. The Kier molecular flexibility index (Phi) is 5.96. The van der Waals surface area contributed by atoms with Crippen molar-refractivity contribution < 1.29 is 4.74 Å². The smallest absolute Gasteiger partial charge is 0.135 e. The molecular weight excluding hydrogens is 328 g/mol. The van der Waals surface area contributed by atoms with Gasteiger partial charge < -0.3 is 4.74 Å². The second-order valence-corrected chi connectivity index (χ2v) is 6.69. The molecule has 1 heterocycles. The quantitative estimate of drug-likeness (QED) is 0.496. The molecule has 0 saturated carbocycles. The van der Waals surface area contributed by atoms with E-state index in [0.717, 1.165) is 34.1 Å². The van der Waals surface area contributed by atoms with Crippen LogP contribution in [0.4, 0.5) is 5.69 Å². The lowest BCUT2D eigenvalue weighted by atomic mass is 10.1. The highest BCUT2D eigenvalue weighted by Crippen LogP contribution is 2.30. The number of para-hydroxylation sites is 1. The Hall–Kier alpha value is -2.46. The second-order valence-electron chi connectivity index (χ2n) is 5.80. The average molecular weight is 350 g/mol. The van der Waals surface area contributed by atoms with Gasteiger partial charge >= 0.3 is 0 Å². The van der Waals surface area contributed by atoms with Crippen molar-refractivity contribution >= 4 is 23.2 Å². The second kappa shape index (κ2) is 8.58. The average Bonchev–Trinajstić information content (AvgIpc) is 3.14. The lowest BCUT2D eigenvalue weighted by Gasteiger charge is -2.04. The van der Waals surface area contributed by atoms with Crippen LogP contribution in [-0.4, -0.2) is 18.3 Å². The van der Waals surface area contributed by atoms with Crippen LogP contribution >= 0.6 is 11.3 Å². The summed E-state index contributed by atoms with van der Waals surface area (Å²) in [5, 5.41) is 2.92. The lowest BCUT2D eigenvalue weighted by Crippen LogP contribution is -1.88. The van der Waals surface area contributed by atoms with Gasteiger partial charge in [-0.3, -0.25) is 4.99 Å². The van der Waals surface area contributed by atoms with Gasteiger partial charge in [0.05, 0.1) is 24.7 Å². The summed E-state index contributed by atoms with van der Waals surface area (Å²) < 4.78 is 5.41. The maximum absolute atomic E-state index is 5.41. The van der Waals surface area contributed by atoms with Crippen LogP contribution in [0.25, 0.3) is 11.3 Å². The van der Waals surface area contributed by atoms with E-state index in [4.69, 9.17) is 4.74 Å². The molecule has 1 aromatic heterocycles. The van der Waals surface area contributed by atoms with Crippen LogP contribution in [-0.2, 0) is 6.42 Å². The Morgan fingerprint density at radius 2 is 1.92 bits per heavy atom. The number of benzene rings is 2. The molecule has 0 atom stereocenters. The molecule has 128 valence electrons. The van der Waals surface area contributed by atoms with E-state index in [9.17, 15) is 0 Å². The van der Waals surface area contributed by atoms with Crippen molar-refractivity contribution in [3.8, 4) is 17.0 Å². The number of hydrogen-bond acceptors (Lipinski definition) is 4. The molecule has 0 radical (unpaired) electrons. The van der Waals surface area contributed by atoms with Crippen molar-refractivity contribution in [2.24, 2.45) is 4.99 Å². The fourth-order valence-electron chi connectivity index (χ4n) is 2.59. The maximum Gasteiger partial charge on any atom is 0.135 e. The molecule has 0 fully saturated rings. The first-order valence-electron chi connectivity index (χ1n) is 8.52. The molecule has 25 heavy (non-hydrogen) atoms. The fourth-order valence-corrected chi connectivity index (χ4v) is 3.26. The third kappa shape index (κ3) is 4.54. The Balaban J connectivity index is 1.71. The molecule has 3 rings (SSSR count). The van der Waals surface area contributed by atoms with E-state index in [1.165, 1.54) is 18.4 Å². The molecule has 4 heteroatoms. The van der Waals surface area contributed by atoms with E-state index in [0.29, 0.717) is 0 Å². The molecule has 0 saturated heterocycles. The van der Waals surface area contributed by atoms with Gasteiger partial charge in [-0.05, 0) is 42.7 Å². The van der Waals surface area contributed by atoms with Crippen LogP contribution in [0.2, 0.25) is 0 Å². The van der Waals surface area contributed by atoms with Crippen LogP contribution < -0.4 is 4.74 Å². The van der Waals surface area contributed by atoms with Gasteiger partial charge in [-0.15, -0.1) is 11.3 Å². The van der Waals surface area contributed by atoms with E-state index in [-0.39, 0.29) is 0 Å². The predicted molar refractivity (Wildman–Crippen MR) is 106 cm³/mol. The summed E-state index contributed by atoms with van der Waals surface area (Å²) in [5.41, 5.74) is 4.24. The maximum atomic E-state index is 5.41. The fraction of sp³-hybridized carbons (Fsp3) is 0.238. The number of aromatic nitrogens is 1. The largest absolute Gasteiger partial charge is 0.496 e. The van der Waals surface area contributed by atoms with Gasteiger partial charge in [-0.25, -0.2) is 4.98 Å². The van der Waals surface area contributed by atoms with Crippen molar-refractivity contribution in [3.63, 3.8) is 0 Å². The molecule has 3 aromatic rings. The Bertz CT molecular complexity index is 837. The summed E-state index contributed by atoms with van der Waals surface area (Å²) in [6, 6.07) is 16.4. The van der Waals surface area contributed by atoms with Gasteiger partial charge in [-0.2, -0.15) is 0 Å². The lowest BCUT2D eigenvalue weighted by molar-refractivity contribution is 0.416. The van der Waals surface area contributed by atoms with E-state index < -0.39 is 0 Å². The van der Waals surface area contributed by atoms with Crippen LogP contribution in [0.1, 0.15) is 30.3 Å². The van der Waals surface area contributed by atoms with Gasteiger partial charge in [0.25, 0.3) is 0 Å². The number of methoxy groups -OCH3 is 1. The molecular formula is C21H22N2OS. The molecule has 0 amide bonds. The van der Waals surface area contributed by atoms with Gasteiger partial charge in [0.1, 0.15) is 10.8 Å². The normalized spacial score (nSPS) is 11.1. The van der Waals surface area contributed by atoms with Gasteiger partial charge in [-0.1, -0.05) is 37.6 Å². The number of hydrogen-bond donors (Lipinski definition) is 0. The highest BCUT2D eigenvalue weighted by atomic mass is 32.1. The highest BCUT2D eigenvalue weighted by molar-refractivity contribution is 7.11. The Morgan fingerprint density at radius 1 is 1.12 bits per heavy atom. The molecule has 2 aromatic carbocycles. The van der Waals surface area contributed by atoms with Crippen molar-refractivity contribution in [2.45, 2.75) is 26.2 Å². The van der Waals surface area contributed by atoms with Crippen LogP contribution in [0.3, 0.4) is 0 Å². The van der Waals surface area contributed by atoms with Crippen molar-refractivity contribution in [1.29, 1.82) is 0 Å². The minimum Gasteiger partial charge on any atom is -0.496 e. The molecule has 0 N–H and O–H groups in total. The molecule has 0 aliphatic heterocycles. The number of unbranched alkanes of at least 4 members (excludes halogenated alkanes) is 1. The summed E-state index contributed by atoms with van der Waals surface area (Å²) in [4.78, 5) is 9.19. The number of rotatable bonds is 7. The molecule has 3 nitrogen and oxygen atoms in total. The van der Waals surface area contributed by atoms with Crippen molar-refractivity contribution in [3.05, 3.63) is 64.5 Å². The topological polar surface area (TPSA) is 34.5 Å². The SMILES string of the molecule is CCCCc1ccc(N=Cc2nc(-c3ccccc3OC)cs2)cc1. The van der Waals surface area contributed by atoms with E-state index in [1.54, 1.807) is 18.4 Å². The first-order chi connectivity index (χ1) is 12.3. The third-order valence-corrected chi connectivity index (χ3v) is 4.76. The first kappa shape index (κ1) is 17.4. The van der Waals surface area contributed by atoms with Crippen LogP contribution in [0, 0.1) is 0 Å². The third-order valence-electron chi connectivity index (χ3n) is 3.98. The van der Waals surface area contributed by atoms with E-state index >= 15 is 0 Å². The Morgan fingerprint density at radius 3 is 2.68 bits per heavy atom. The van der Waals surface area contributed by atoms with E-state index in [1.807, 2.05) is 35.9 Å². The van der Waals surface area contributed by atoms with Gasteiger partial charge in [0.15, 0.2) is 0 Å². The number of aryl methyl sites for hydroxylation is 1. The monoisotopic (exact) mass is 350 g/mol. The summed E-state index contributed by atoms with van der Waals surface area (Å²) in [7, 11) is 1.68. The zero-order chi connectivity index (χ0) is 17.5. The number of thiazole rings is 1. The standard InChI is InChI=1S/C21H22N2OS/c1-3-4-7-16-10-12-17(13-11-16)22-14-21-23-19(15-25-21)18-8-5-6-9-20(18)24-2/h5-6,8-15H,3-4,7H2,1-2H3. The van der Waals surface area contributed by atoms with Gasteiger partial charge in [0.2, 0.25) is 0 Å². The minimum absolute atomic E-state index is 0.832. The first-order valence-corrected chi connectivity index (χ1v) is 9.40. The molecule has 0 aliphatic carbocycles. The molecule has 0 aliphatic rings. The summed E-state index contributed by atoms with van der Waals surface area (Å²) in [6.45, 7) is 2.21. The van der Waals surface area contributed by atoms with Crippen LogP contribution in [0.5, 0.6) is 5.75 Å². The predicted octanol–water partition coefficient (Wildman–Crippen LogP) is 5.91. The summed E-state index contributed by atoms with van der Waals surface area (Å²) in [5.74, 6) is 0.832. The number of ether oxygens (including phenoxy) is 1. The van der Waals surface area contributed by atoms with E-state index in [2.05, 4.69) is 41.2 Å². The number of aliphatic imine (C=N–C) groups is 1.